The summed E-state index contributed by atoms with van der Waals surface area (Å²) in [5.41, 5.74) is 3.09. The third-order valence-electron chi connectivity index (χ3n) is 4.55. The topological polar surface area (TPSA) is 3.24 Å². The second-order valence-corrected chi connectivity index (χ2v) is 8.60. The van der Waals surface area contributed by atoms with E-state index < -0.39 is 0 Å². The zero-order valence-electron chi connectivity index (χ0n) is 10.6. The first-order chi connectivity index (χ1) is 8.89. The number of benzene rings is 1. The molecular weight excluding hydrogens is 258 g/mol. The van der Waals surface area contributed by atoms with Gasteiger partial charge in [-0.2, -0.15) is 0 Å². The summed E-state index contributed by atoms with van der Waals surface area (Å²) in [6, 6.07) is 9.82. The van der Waals surface area contributed by atoms with Gasteiger partial charge in [0.25, 0.3) is 0 Å². The Morgan fingerprint density at radius 3 is 2.89 bits per heavy atom. The highest BCUT2D eigenvalue weighted by Gasteiger charge is 2.50. The molecule has 4 rings (SSSR count). The molecule has 1 aromatic carbocycles. The summed E-state index contributed by atoms with van der Waals surface area (Å²) < 4.78 is 0.520. The maximum Gasteiger partial charge on any atom is 0.0829 e. The lowest BCUT2D eigenvalue weighted by molar-refractivity contribution is 0.573. The van der Waals surface area contributed by atoms with E-state index in [1.165, 1.54) is 49.4 Å². The van der Waals surface area contributed by atoms with Crippen LogP contribution in [0.5, 0.6) is 0 Å². The Balaban J connectivity index is 1.70. The number of hydrogen-bond acceptors (Lipinski definition) is 3. The number of aryl methyl sites for hydroxylation is 1. The molecule has 0 aromatic heterocycles. The van der Waals surface area contributed by atoms with Crippen LogP contribution in [-0.2, 0) is 6.42 Å². The molecule has 3 heteroatoms. The van der Waals surface area contributed by atoms with Crippen LogP contribution >= 0.6 is 23.5 Å². The van der Waals surface area contributed by atoms with Crippen LogP contribution < -0.4 is 4.90 Å². The monoisotopic (exact) mass is 277 g/mol. The molecule has 1 aromatic rings. The van der Waals surface area contributed by atoms with Crippen LogP contribution in [0.15, 0.2) is 24.3 Å². The SMILES string of the molecule is c1ccc2c(c1)CCC1N2CCC12SCCCS2. The first-order valence-electron chi connectivity index (χ1n) is 7.02. The standard InChI is InChI=1S/C15H19NS2/c1-2-5-13-12(4-1)6-7-14-15(8-9-16(13)14)17-10-3-11-18-15/h1-2,4-5,14H,3,6-11H2. The molecule has 3 aliphatic heterocycles. The Morgan fingerprint density at radius 1 is 1.17 bits per heavy atom. The number of para-hydroxylation sites is 1. The lowest BCUT2D eigenvalue weighted by Crippen LogP contribution is -2.44. The fraction of sp³-hybridized carbons (Fsp3) is 0.600. The average molecular weight is 277 g/mol. The van der Waals surface area contributed by atoms with E-state index in [1.54, 1.807) is 5.56 Å². The highest BCUT2D eigenvalue weighted by atomic mass is 32.2. The fourth-order valence-corrected chi connectivity index (χ4v) is 7.35. The van der Waals surface area contributed by atoms with E-state index >= 15 is 0 Å². The normalized spacial score (nSPS) is 29.1. The predicted octanol–water partition coefficient (Wildman–Crippen LogP) is 3.78. The highest BCUT2D eigenvalue weighted by molar-refractivity contribution is 8.18. The zero-order valence-corrected chi connectivity index (χ0v) is 12.2. The van der Waals surface area contributed by atoms with E-state index in [1.807, 2.05) is 0 Å². The van der Waals surface area contributed by atoms with Crippen molar-refractivity contribution in [2.24, 2.45) is 0 Å². The first kappa shape index (κ1) is 11.5. The van der Waals surface area contributed by atoms with Crippen LogP contribution in [0, 0.1) is 0 Å². The molecule has 1 nitrogen and oxygen atoms in total. The zero-order chi connectivity index (χ0) is 12.0. The number of fused-ring (bicyclic) bond motifs is 4. The second-order valence-electron chi connectivity index (χ2n) is 5.49. The summed E-state index contributed by atoms with van der Waals surface area (Å²) in [7, 11) is 0. The number of hydrogen-bond donors (Lipinski definition) is 0. The molecule has 1 spiro atoms. The molecule has 1 unspecified atom stereocenters. The van der Waals surface area contributed by atoms with E-state index in [-0.39, 0.29) is 0 Å². The summed E-state index contributed by atoms with van der Waals surface area (Å²) >= 11 is 4.51. The molecule has 1 atom stereocenters. The van der Waals surface area contributed by atoms with Crippen LogP contribution in [0.3, 0.4) is 0 Å². The highest BCUT2D eigenvalue weighted by Crippen LogP contribution is 2.55. The van der Waals surface area contributed by atoms with E-state index in [2.05, 4.69) is 52.7 Å². The maximum absolute atomic E-state index is 2.71. The van der Waals surface area contributed by atoms with E-state index in [0.717, 1.165) is 6.04 Å². The summed E-state index contributed by atoms with van der Waals surface area (Å²) in [5, 5.41) is 0. The van der Waals surface area contributed by atoms with E-state index in [4.69, 9.17) is 0 Å². The molecule has 2 fully saturated rings. The largest absolute Gasteiger partial charge is 0.366 e. The third-order valence-corrected chi connectivity index (χ3v) is 8.18. The van der Waals surface area contributed by atoms with Crippen molar-refractivity contribution in [2.75, 3.05) is 23.0 Å². The molecule has 18 heavy (non-hydrogen) atoms. The van der Waals surface area contributed by atoms with Gasteiger partial charge in [-0.25, -0.2) is 0 Å². The van der Waals surface area contributed by atoms with Gasteiger partial charge in [0.05, 0.1) is 10.1 Å². The van der Waals surface area contributed by atoms with Gasteiger partial charge >= 0.3 is 0 Å². The van der Waals surface area contributed by atoms with Crippen molar-refractivity contribution in [2.45, 2.75) is 35.8 Å². The molecular formula is C15H19NS2. The van der Waals surface area contributed by atoms with Gasteiger partial charge in [0.1, 0.15) is 0 Å². The Bertz CT molecular complexity index is 454. The summed E-state index contributed by atoms with van der Waals surface area (Å²) in [6.45, 7) is 1.27. The average Bonchev–Trinajstić information content (AvgIpc) is 2.79. The van der Waals surface area contributed by atoms with Crippen LogP contribution in [-0.4, -0.2) is 28.2 Å². The van der Waals surface area contributed by atoms with Crippen molar-refractivity contribution >= 4 is 29.2 Å². The maximum atomic E-state index is 2.71. The van der Waals surface area contributed by atoms with Gasteiger partial charge in [-0.15, -0.1) is 23.5 Å². The lowest BCUT2D eigenvalue weighted by atomic mass is 9.96. The fourth-order valence-electron chi connectivity index (χ4n) is 3.72. The quantitative estimate of drug-likeness (QED) is 0.710. The van der Waals surface area contributed by atoms with E-state index in [9.17, 15) is 0 Å². The number of thioether (sulfide) groups is 2. The Kier molecular flexibility index (Phi) is 2.81. The molecule has 2 saturated heterocycles. The summed E-state index contributed by atoms with van der Waals surface area (Å²) in [6.07, 6.45) is 5.42. The smallest absolute Gasteiger partial charge is 0.0829 e. The molecule has 0 aliphatic carbocycles. The minimum Gasteiger partial charge on any atom is -0.366 e. The molecule has 3 heterocycles. The van der Waals surface area contributed by atoms with Gasteiger partial charge in [0.2, 0.25) is 0 Å². The Hall–Kier alpha value is -0.280. The molecule has 0 radical (unpaired) electrons. The summed E-state index contributed by atoms with van der Waals surface area (Å²) in [4.78, 5) is 2.71. The van der Waals surface area contributed by atoms with Crippen LogP contribution in [0.4, 0.5) is 5.69 Å². The van der Waals surface area contributed by atoms with Crippen molar-refractivity contribution in [1.29, 1.82) is 0 Å². The van der Waals surface area contributed by atoms with Gasteiger partial charge in [-0.3, -0.25) is 0 Å². The van der Waals surface area contributed by atoms with Gasteiger partial charge < -0.3 is 4.90 Å². The molecule has 0 saturated carbocycles. The van der Waals surface area contributed by atoms with Gasteiger partial charge in [0.15, 0.2) is 0 Å². The predicted molar refractivity (Wildman–Crippen MR) is 82.8 cm³/mol. The molecule has 0 amide bonds. The Labute approximate surface area is 118 Å². The lowest BCUT2D eigenvalue weighted by Gasteiger charge is -2.43. The van der Waals surface area contributed by atoms with Crippen molar-refractivity contribution in [3.8, 4) is 0 Å². The third kappa shape index (κ3) is 1.63. The van der Waals surface area contributed by atoms with Crippen molar-refractivity contribution in [1.82, 2.24) is 0 Å². The van der Waals surface area contributed by atoms with Crippen molar-refractivity contribution < 1.29 is 0 Å². The summed E-state index contributed by atoms with van der Waals surface area (Å²) in [5.74, 6) is 2.75. The van der Waals surface area contributed by atoms with Crippen molar-refractivity contribution in [3.63, 3.8) is 0 Å². The van der Waals surface area contributed by atoms with Crippen LogP contribution in [0.1, 0.15) is 24.8 Å². The first-order valence-corrected chi connectivity index (χ1v) is 8.99. The van der Waals surface area contributed by atoms with E-state index in [0.29, 0.717) is 4.08 Å². The van der Waals surface area contributed by atoms with Gasteiger partial charge in [0, 0.05) is 12.2 Å². The minimum absolute atomic E-state index is 0.520. The molecule has 0 N–H and O–H groups in total. The van der Waals surface area contributed by atoms with Crippen molar-refractivity contribution in [3.05, 3.63) is 29.8 Å². The number of rotatable bonds is 0. The van der Waals surface area contributed by atoms with Crippen LogP contribution in [0.2, 0.25) is 0 Å². The molecule has 0 bridgehead atoms. The second kappa shape index (κ2) is 4.38. The number of nitrogens with zero attached hydrogens (tertiary/aromatic N) is 1. The van der Waals surface area contributed by atoms with Gasteiger partial charge in [-0.1, -0.05) is 18.2 Å². The van der Waals surface area contributed by atoms with Crippen LogP contribution in [0.25, 0.3) is 0 Å². The minimum atomic E-state index is 0.520. The van der Waals surface area contributed by atoms with Gasteiger partial charge in [-0.05, 0) is 48.8 Å². The number of anilines is 1. The Morgan fingerprint density at radius 2 is 2.00 bits per heavy atom. The molecule has 3 aliphatic rings. The molecule has 96 valence electrons.